The second-order valence-electron chi connectivity index (χ2n) is 9.40. The van der Waals surface area contributed by atoms with Crippen LogP contribution >= 0.6 is 0 Å². The Balaban J connectivity index is 1.37. The van der Waals surface area contributed by atoms with Crippen molar-refractivity contribution in [2.45, 2.75) is 38.5 Å². The summed E-state index contributed by atoms with van der Waals surface area (Å²) in [6.07, 6.45) is 10.1. The molecule has 0 heteroatoms. The molecular weight excluding hydrogens is 216 g/mol. The van der Waals surface area contributed by atoms with E-state index in [1.54, 1.807) is 38.5 Å². The van der Waals surface area contributed by atoms with Crippen LogP contribution in [0.4, 0.5) is 0 Å². The van der Waals surface area contributed by atoms with E-state index in [0.29, 0.717) is 0 Å². The maximum absolute atomic E-state index is 1.69. The Hall–Kier alpha value is 0. The fourth-order valence-corrected chi connectivity index (χ4v) is 9.25. The van der Waals surface area contributed by atoms with Gasteiger partial charge in [0.2, 0.25) is 0 Å². The third-order valence-electron chi connectivity index (χ3n) is 9.77. The van der Waals surface area contributed by atoms with E-state index in [4.69, 9.17) is 0 Å². The summed E-state index contributed by atoms with van der Waals surface area (Å²) in [6, 6.07) is 0. The molecule has 0 radical (unpaired) electrons. The zero-order valence-electron chi connectivity index (χ0n) is 11.2. The molecular formula is C18H24. The number of hydrogen-bond acceptors (Lipinski definition) is 0. The molecule has 12 atom stereocenters. The topological polar surface area (TPSA) is 0 Å². The van der Waals surface area contributed by atoms with Gasteiger partial charge in [0, 0.05) is 0 Å². The minimum atomic E-state index is 1.20. The summed E-state index contributed by atoms with van der Waals surface area (Å²) in [7, 11) is 0. The van der Waals surface area contributed by atoms with Crippen molar-refractivity contribution >= 4 is 0 Å². The first-order valence-corrected chi connectivity index (χ1v) is 8.90. The van der Waals surface area contributed by atoms with E-state index in [1.807, 2.05) is 0 Å². The lowest BCUT2D eigenvalue weighted by molar-refractivity contribution is -0.235. The summed E-state index contributed by atoms with van der Waals surface area (Å²) in [5, 5.41) is 0. The summed E-state index contributed by atoms with van der Waals surface area (Å²) in [5.74, 6) is 14.9. The molecule has 7 rings (SSSR count). The predicted octanol–water partition coefficient (Wildman–Crippen LogP) is 3.82. The van der Waals surface area contributed by atoms with Crippen LogP contribution in [0.2, 0.25) is 0 Å². The Morgan fingerprint density at radius 1 is 0.333 bits per heavy atom. The van der Waals surface area contributed by atoms with Crippen molar-refractivity contribution in [1.82, 2.24) is 0 Å². The molecule has 0 aromatic carbocycles. The van der Waals surface area contributed by atoms with Crippen LogP contribution in [0.15, 0.2) is 0 Å². The van der Waals surface area contributed by atoms with E-state index < -0.39 is 0 Å². The molecule has 7 saturated carbocycles. The normalized spacial score (nSPS) is 80.0. The van der Waals surface area contributed by atoms with E-state index in [0.717, 1.165) is 0 Å². The molecule has 96 valence electrons. The molecule has 18 heavy (non-hydrogen) atoms. The van der Waals surface area contributed by atoms with Gasteiger partial charge in [0.25, 0.3) is 0 Å². The number of hydrogen-bond donors (Lipinski definition) is 0. The van der Waals surface area contributed by atoms with Crippen LogP contribution in [0.3, 0.4) is 0 Å². The van der Waals surface area contributed by atoms with Gasteiger partial charge in [-0.3, -0.25) is 0 Å². The van der Waals surface area contributed by atoms with Crippen LogP contribution in [0, 0.1) is 71.0 Å². The molecule has 0 amide bonds. The highest BCUT2D eigenvalue weighted by Gasteiger charge is 2.73. The Kier molecular flexibility index (Phi) is 1.24. The van der Waals surface area contributed by atoms with E-state index in [1.165, 1.54) is 71.0 Å². The average Bonchev–Trinajstić information content (AvgIpc) is 2.80. The van der Waals surface area contributed by atoms with Gasteiger partial charge in [0.1, 0.15) is 0 Å². The lowest BCUT2D eigenvalue weighted by Gasteiger charge is -2.71. The van der Waals surface area contributed by atoms with Crippen molar-refractivity contribution in [3.05, 3.63) is 0 Å². The van der Waals surface area contributed by atoms with Gasteiger partial charge in [-0.15, -0.1) is 0 Å². The monoisotopic (exact) mass is 240 g/mol. The van der Waals surface area contributed by atoms with Gasteiger partial charge in [-0.25, -0.2) is 0 Å². The fraction of sp³-hybridized carbons (Fsp3) is 1.00. The van der Waals surface area contributed by atoms with Gasteiger partial charge in [0.15, 0.2) is 0 Å². The predicted molar refractivity (Wildman–Crippen MR) is 69.6 cm³/mol. The van der Waals surface area contributed by atoms with Crippen LogP contribution in [0.1, 0.15) is 38.5 Å². The molecule has 0 aliphatic heterocycles. The molecule has 7 aliphatic carbocycles. The molecule has 0 heterocycles. The molecule has 7 aliphatic rings. The van der Waals surface area contributed by atoms with E-state index in [2.05, 4.69) is 0 Å². The van der Waals surface area contributed by atoms with Crippen LogP contribution in [-0.4, -0.2) is 0 Å². The highest BCUT2D eigenvalue weighted by Crippen LogP contribution is 2.79. The van der Waals surface area contributed by atoms with Crippen molar-refractivity contribution in [2.24, 2.45) is 71.0 Å². The number of rotatable bonds is 0. The molecule has 0 saturated heterocycles. The van der Waals surface area contributed by atoms with E-state index in [-0.39, 0.29) is 0 Å². The van der Waals surface area contributed by atoms with Gasteiger partial charge in [-0.05, 0) is 110 Å². The Labute approximate surface area is 110 Å². The minimum Gasteiger partial charge on any atom is -0.0468 e. The molecule has 0 aromatic rings. The Bertz CT molecular complexity index is 411. The smallest absolute Gasteiger partial charge is 0.0320 e. The quantitative estimate of drug-likeness (QED) is 0.604. The van der Waals surface area contributed by atoms with Crippen molar-refractivity contribution in [3.63, 3.8) is 0 Å². The zero-order chi connectivity index (χ0) is 11.2. The zero-order valence-corrected chi connectivity index (χ0v) is 11.2. The van der Waals surface area contributed by atoms with Gasteiger partial charge in [-0.1, -0.05) is 0 Å². The second kappa shape index (κ2) is 2.47. The van der Waals surface area contributed by atoms with Crippen LogP contribution in [0.5, 0.6) is 0 Å². The summed E-state index contributed by atoms with van der Waals surface area (Å²) in [6.45, 7) is 0. The molecule has 0 N–H and O–H groups in total. The SMILES string of the molecule is C1C2CC3C1C1CC(C4CC5C6CC2CC6C54)C31. The second-order valence-corrected chi connectivity index (χ2v) is 9.40. The molecule has 0 nitrogen and oxygen atoms in total. The third-order valence-corrected chi connectivity index (χ3v) is 9.77. The van der Waals surface area contributed by atoms with Gasteiger partial charge < -0.3 is 0 Å². The highest BCUT2D eigenvalue weighted by atomic mass is 14.8. The van der Waals surface area contributed by atoms with Crippen molar-refractivity contribution in [2.75, 3.05) is 0 Å². The van der Waals surface area contributed by atoms with Crippen molar-refractivity contribution < 1.29 is 0 Å². The fourth-order valence-electron chi connectivity index (χ4n) is 9.25. The summed E-state index contributed by atoms with van der Waals surface area (Å²) < 4.78 is 0. The third kappa shape index (κ3) is 0.694. The Morgan fingerprint density at radius 2 is 0.667 bits per heavy atom. The first kappa shape index (κ1) is 9.03. The summed E-state index contributed by atoms with van der Waals surface area (Å²) >= 11 is 0. The average molecular weight is 240 g/mol. The van der Waals surface area contributed by atoms with Gasteiger partial charge >= 0.3 is 0 Å². The number of fused-ring (bicyclic) bond motifs is 6. The Morgan fingerprint density at radius 3 is 1.17 bits per heavy atom. The lowest BCUT2D eigenvalue weighted by atomic mass is 9.33. The maximum Gasteiger partial charge on any atom is -0.0320 e. The van der Waals surface area contributed by atoms with Crippen molar-refractivity contribution in [3.8, 4) is 0 Å². The first-order chi connectivity index (χ1) is 8.90. The molecule has 12 unspecified atom stereocenters. The minimum absolute atomic E-state index is 1.20. The van der Waals surface area contributed by atoms with E-state index >= 15 is 0 Å². The van der Waals surface area contributed by atoms with Crippen LogP contribution in [-0.2, 0) is 0 Å². The van der Waals surface area contributed by atoms with Gasteiger partial charge in [-0.2, -0.15) is 0 Å². The molecule has 7 fully saturated rings. The molecule has 0 spiro atoms. The summed E-state index contributed by atoms with van der Waals surface area (Å²) in [5.41, 5.74) is 0. The standard InChI is InChI=1S/C18H24/c1-7-3-11-9(1)13-5-15(17(11)13)16-6-14-10-2-8(7)4-12(10)18(14)16/h7-18H,1-6H2. The van der Waals surface area contributed by atoms with E-state index in [9.17, 15) is 0 Å². The maximum atomic E-state index is 1.69. The molecule has 0 aromatic heterocycles. The van der Waals surface area contributed by atoms with Crippen molar-refractivity contribution in [1.29, 1.82) is 0 Å². The largest absolute Gasteiger partial charge is 0.0468 e. The molecule has 4 bridgehead atoms. The summed E-state index contributed by atoms with van der Waals surface area (Å²) in [4.78, 5) is 0. The van der Waals surface area contributed by atoms with Crippen LogP contribution < -0.4 is 0 Å². The highest BCUT2D eigenvalue weighted by molar-refractivity contribution is 5.21. The lowest BCUT2D eigenvalue weighted by Crippen LogP contribution is -2.66. The van der Waals surface area contributed by atoms with Crippen LogP contribution in [0.25, 0.3) is 0 Å². The van der Waals surface area contributed by atoms with Gasteiger partial charge in [0.05, 0.1) is 0 Å². The first-order valence-electron chi connectivity index (χ1n) is 8.90.